The Balaban J connectivity index is 2.06. The van der Waals surface area contributed by atoms with Gasteiger partial charge in [0.25, 0.3) is 0 Å². The molecular weight excluding hydrogens is 300 g/mol. The summed E-state index contributed by atoms with van der Waals surface area (Å²) in [7, 11) is 0. The summed E-state index contributed by atoms with van der Waals surface area (Å²) in [5.74, 6) is 0.694. The highest BCUT2D eigenvalue weighted by Gasteiger charge is 2.27. The zero-order chi connectivity index (χ0) is 16.7. The summed E-state index contributed by atoms with van der Waals surface area (Å²) in [6, 6.07) is 17.1. The van der Waals surface area contributed by atoms with Gasteiger partial charge in [0.15, 0.2) is 5.82 Å². The van der Waals surface area contributed by atoms with Gasteiger partial charge in [-0.15, -0.1) is 0 Å². The van der Waals surface area contributed by atoms with Crippen LogP contribution >= 0.6 is 0 Å². The van der Waals surface area contributed by atoms with E-state index in [4.69, 9.17) is 0 Å². The van der Waals surface area contributed by atoms with Crippen LogP contribution in [-0.4, -0.2) is 20.0 Å². The summed E-state index contributed by atoms with van der Waals surface area (Å²) >= 11 is 0. The van der Waals surface area contributed by atoms with Crippen LogP contribution in [0.3, 0.4) is 0 Å². The Morgan fingerprint density at radius 3 is 2.75 bits per heavy atom. The van der Waals surface area contributed by atoms with Gasteiger partial charge >= 0.3 is 0 Å². The van der Waals surface area contributed by atoms with E-state index in [2.05, 4.69) is 11.1 Å². The van der Waals surface area contributed by atoms with Crippen molar-refractivity contribution in [2.75, 3.05) is 0 Å². The molecule has 0 bridgehead atoms. The molecule has 0 aliphatic carbocycles. The van der Waals surface area contributed by atoms with Gasteiger partial charge in [-0.05, 0) is 37.3 Å². The molecule has 116 valence electrons. The monoisotopic (exact) mass is 314 g/mol. The fourth-order valence-electron chi connectivity index (χ4n) is 3.11. The van der Waals surface area contributed by atoms with Crippen molar-refractivity contribution in [2.24, 2.45) is 0 Å². The number of hydroxylamine groups is 1. The third-order valence-electron chi connectivity index (χ3n) is 4.12. The van der Waals surface area contributed by atoms with Gasteiger partial charge in [0.2, 0.25) is 12.3 Å². The van der Waals surface area contributed by atoms with Crippen molar-refractivity contribution in [3.63, 3.8) is 0 Å². The number of benzene rings is 2. The first-order valence-corrected chi connectivity index (χ1v) is 7.64. The summed E-state index contributed by atoms with van der Waals surface area (Å²) in [4.78, 5) is 4.47. The molecule has 0 unspecified atom stereocenters. The molecule has 0 saturated heterocycles. The van der Waals surface area contributed by atoms with Crippen LogP contribution in [0, 0.1) is 23.5 Å². The summed E-state index contributed by atoms with van der Waals surface area (Å²) < 4.78 is 2.90. The van der Waals surface area contributed by atoms with E-state index in [-0.39, 0.29) is 6.54 Å². The van der Waals surface area contributed by atoms with Crippen LogP contribution in [0.2, 0.25) is 0 Å². The predicted octanol–water partition coefficient (Wildman–Crippen LogP) is 2.91. The van der Waals surface area contributed by atoms with E-state index in [0.29, 0.717) is 17.1 Å². The third-order valence-corrected chi connectivity index (χ3v) is 4.12. The first kappa shape index (κ1) is 14.2. The van der Waals surface area contributed by atoms with Crippen LogP contribution in [0.25, 0.3) is 5.69 Å². The predicted molar refractivity (Wildman–Crippen MR) is 90.0 cm³/mol. The Morgan fingerprint density at radius 1 is 1.21 bits per heavy atom. The van der Waals surface area contributed by atoms with Gasteiger partial charge in [0, 0.05) is 11.8 Å². The number of nitrogens with zero attached hydrogens (tertiary/aromatic N) is 4. The molecule has 5 nitrogen and oxygen atoms in total. The van der Waals surface area contributed by atoms with E-state index < -0.39 is 0 Å². The fraction of sp³-hybridized carbons (Fsp3) is 0.105. The molecule has 2 aromatic carbocycles. The number of aromatic nitrogens is 2. The highest BCUT2D eigenvalue weighted by Crippen LogP contribution is 2.26. The molecule has 4 rings (SSSR count). The van der Waals surface area contributed by atoms with Crippen molar-refractivity contribution in [1.82, 2.24) is 9.55 Å². The van der Waals surface area contributed by atoms with Crippen molar-refractivity contribution < 1.29 is 4.74 Å². The zero-order valence-electron chi connectivity index (χ0n) is 13.1. The zero-order valence-corrected chi connectivity index (χ0v) is 13.1. The van der Waals surface area contributed by atoms with Gasteiger partial charge in [-0.2, -0.15) is 10.0 Å². The highest BCUT2D eigenvalue weighted by molar-refractivity contribution is 6.12. The second-order valence-corrected chi connectivity index (χ2v) is 5.76. The Hall–Kier alpha value is -3.39. The number of hydrogen-bond donors (Lipinski definition) is 0. The molecule has 3 aromatic rings. The van der Waals surface area contributed by atoms with Gasteiger partial charge in [-0.1, -0.05) is 18.2 Å². The van der Waals surface area contributed by atoms with Crippen molar-refractivity contribution in [3.8, 4) is 11.8 Å². The first-order chi connectivity index (χ1) is 11.7. The molecule has 0 atom stereocenters. The minimum atomic E-state index is 0.161. The molecule has 24 heavy (non-hydrogen) atoms. The van der Waals surface area contributed by atoms with E-state index in [9.17, 15) is 10.5 Å². The highest BCUT2D eigenvalue weighted by atomic mass is 16.5. The van der Waals surface area contributed by atoms with Crippen molar-refractivity contribution in [3.05, 3.63) is 88.1 Å². The van der Waals surface area contributed by atoms with E-state index >= 15 is 0 Å². The van der Waals surface area contributed by atoms with Crippen LogP contribution in [0.1, 0.15) is 28.2 Å². The molecule has 0 amide bonds. The van der Waals surface area contributed by atoms with Crippen LogP contribution in [0.4, 0.5) is 0 Å². The Kier molecular flexibility index (Phi) is 3.17. The average Bonchev–Trinajstić information content (AvgIpc) is 2.91. The van der Waals surface area contributed by atoms with Crippen LogP contribution in [-0.2, 0) is 6.54 Å². The summed E-state index contributed by atoms with van der Waals surface area (Å²) in [5.41, 5.74) is 4.37. The van der Waals surface area contributed by atoms with E-state index in [0.717, 1.165) is 27.2 Å². The van der Waals surface area contributed by atoms with Crippen molar-refractivity contribution >= 4 is 5.71 Å². The molecule has 0 fully saturated rings. The minimum absolute atomic E-state index is 0.161. The Labute approximate surface area is 139 Å². The molecule has 2 heterocycles. The summed E-state index contributed by atoms with van der Waals surface area (Å²) in [6.07, 6.45) is 1.92. The molecule has 1 aromatic heterocycles. The molecule has 1 aliphatic rings. The maximum absolute atomic E-state index is 12.9. The van der Waals surface area contributed by atoms with E-state index in [1.54, 1.807) is 12.1 Å². The second-order valence-electron chi connectivity index (χ2n) is 5.76. The van der Waals surface area contributed by atoms with Gasteiger partial charge in [0.05, 0.1) is 28.6 Å². The largest absolute Gasteiger partial charge is 0.623 e. The quantitative estimate of drug-likeness (QED) is 0.512. The van der Waals surface area contributed by atoms with Crippen LogP contribution in [0.5, 0.6) is 0 Å². The lowest BCUT2D eigenvalue weighted by atomic mass is 9.98. The molecule has 0 radical (unpaired) electrons. The molecular formula is C19H14N4O. The topological polar surface area (TPSA) is 67.7 Å². The molecule has 0 spiro atoms. The maximum Gasteiger partial charge on any atom is 0.228 e. The van der Waals surface area contributed by atoms with E-state index in [1.807, 2.05) is 54.1 Å². The maximum atomic E-state index is 12.9. The van der Waals surface area contributed by atoms with Crippen LogP contribution < -0.4 is 0 Å². The van der Waals surface area contributed by atoms with E-state index in [1.165, 1.54) is 0 Å². The van der Waals surface area contributed by atoms with Crippen molar-refractivity contribution in [1.29, 1.82) is 5.26 Å². The number of hydrogen-bond acceptors (Lipinski definition) is 3. The number of imidazole rings is 1. The lowest BCUT2D eigenvalue weighted by Crippen LogP contribution is -2.17. The standard InChI is InChI=1S/C19H14N4O/c1-13-11-22-17-8-7-14(10-20)9-16(17)19(15-5-3-2-4-6-15)23(24)12-18(22)21-13/h2-9,11H,12H2,1H3. The Bertz CT molecular complexity index is 1010. The SMILES string of the molecule is Cc1cn2c(n1)C[N+]([O-])=C(c1ccccc1)c1cc(C#N)ccc1-2. The number of aryl methyl sites for hydroxylation is 1. The summed E-state index contributed by atoms with van der Waals surface area (Å²) in [5, 5.41) is 22.2. The van der Waals surface area contributed by atoms with Crippen molar-refractivity contribution in [2.45, 2.75) is 13.5 Å². The van der Waals surface area contributed by atoms with Gasteiger partial charge in [0.1, 0.15) is 0 Å². The molecule has 0 N–H and O–H groups in total. The average molecular weight is 314 g/mol. The third kappa shape index (κ3) is 2.17. The van der Waals surface area contributed by atoms with Crippen LogP contribution in [0.15, 0.2) is 54.7 Å². The Morgan fingerprint density at radius 2 is 2.00 bits per heavy atom. The second kappa shape index (κ2) is 5.36. The molecule has 1 aliphatic heterocycles. The smallest absolute Gasteiger partial charge is 0.228 e. The fourth-order valence-corrected chi connectivity index (χ4v) is 3.11. The molecule has 5 heteroatoms. The number of rotatable bonds is 1. The normalized spacial score (nSPS) is 13.0. The van der Waals surface area contributed by atoms with Gasteiger partial charge in [-0.25, -0.2) is 4.98 Å². The minimum Gasteiger partial charge on any atom is -0.623 e. The lowest BCUT2D eigenvalue weighted by Gasteiger charge is -2.11. The first-order valence-electron chi connectivity index (χ1n) is 7.64. The molecule has 0 saturated carbocycles. The number of nitriles is 1. The summed E-state index contributed by atoms with van der Waals surface area (Å²) in [6.45, 7) is 2.07. The van der Waals surface area contributed by atoms with Gasteiger partial charge < -0.3 is 5.21 Å². The lowest BCUT2D eigenvalue weighted by molar-refractivity contribution is -0.475. The van der Waals surface area contributed by atoms with Gasteiger partial charge in [-0.3, -0.25) is 4.57 Å². The number of fused-ring (bicyclic) bond motifs is 3.